The second-order valence-electron chi connectivity index (χ2n) is 4.40. The third-order valence-corrected chi connectivity index (χ3v) is 6.76. The Bertz CT molecular complexity index is 215. The van der Waals surface area contributed by atoms with Gasteiger partial charge in [0.15, 0.2) is 0 Å². The lowest BCUT2D eigenvalue weighted by molar-refractivity contribution is 0.248. The van der Waals surface area contributed by atoms with Crippen molar-refractivity contribution in [3.63, 3.8) is 0 Å². The minimum absolute atomic E-state index is 0.0112. The summed E-state index contributed by atoms with van der Waals surface area (Å²) in [5.41, 5.74) is -2.55. The van der Waals surface area contributed by atoms with Gasteiger partial charge in [-0.1, -0.05) is 46.0 Å². The smallest absolute Gasteiger partial charge is 0.245 e. The Kier molecular flexibility index (Phi) is 13.8. The van der Waals surface area contributed by atoms with Crippen LogP contribution in [0.3, 0.4) is 0 Å². The number of nitrogens with zero attached hydrogens (tertiary/aromatic N) is 1. The van der Waals surface area contributed by atoms with Crippen LogP contribution in [0.5, 0.6) is 0 Å². The maximum atomic E-state index is 9.52. The molecule has 1 unspecified atom stereocenters. The van der Waals surface area contributed by atoms with Crippen molar-refractivity contribution in [2.24, 2.45) is 0 Å². The first-order valence-electron chi connectivity index (χ1n) is 6.60. The van der Waals surface area contributed by atoms with Crippen molar-refractivity contribution in [1.82, 2.24) is 4.90 Å². The van der Waals surface area contributed by atoms with Crippen molar-refractivity contribution < 1.29 is 9.42 Å². The molecule has 0 aliphatic heterocycles. The van der Waals surface area contributed by atoms with E-state index in [2.05, 4.69) is 25.7 Å². The van der Waals surface area contributed by atoms with Crippen molar-refractivity contribution in [3.05, 3.63) is 0 Å². The normalized spacial score (nSPS) is 14.6. The molecule has 0 fully saturated rings. The molecule has 0 spiro atoms. The molecule has 0 saturated heterocycles. The molecule has 0 radical (unpaired) electrons. The molecule has 0 aliphatic carbocycles. The Labute approximate surface area is 123 Å². The van der Waals surface area contributed by atoms with Gasteiger partial charge in [0.2, 0.25) is 5.69 Å². The van der Waals surface area contributed by atoms with Crippen LogP contribution < -0.4 is 0 Å². The Balaban J connectivity index is 0. The first-order chi connectivity index (χ1) is 8.18. The van der Waals surface area contributed by atoms with Crippen LogP contribution in [0, 0.1) is 0 Å². The highest BCUT2D eigenvalue weighted by Gasteiger charge is 2.17. The Hall–Kier alpha value is 0.880. The fraction of sp³-hybridized carbons (Fsp3) is 1.00. The van der Waals surface area contributed by atoms with Gasteiger partial charge in [-0.25, -0.2) is 0 Å². The number of hydrogen-bond donors (Lipinski definition) is 1. The molecule has 0 aromatic carbocycles. The molecule has 1 N–H and O–H groups in total. The van der Waals surface area contributed by atoms with Crippen molar-refractivity contribution in [1.29, 1.82) is 0 Å². The molecule has 0 aliphatic rings. The summed E-state index contributed by atoms with van der Waals surface area (Å²) in [6.07, 6.45) is 0.0112. The zero-order chi connectivity index (χ0) is 14.8. The first kappa shape index (κ1) is 21.2. The van der Waals surface area contributed by atoms with E-state index >= 15 is 0 Å². The molecule has 0 saturated carbocycles. The molecule has 18 heavy (non-hydrogen) atoms. The molecular formula is C12H30NO2PS2. The Morgan fingerprint density at radius 2 is 1.50 bits per heavy atom. The number of hydrogen-bond acceptors (Lipinski definition) is 4. The van der Waals surface area contributed by atoms with Crippen LogP contribution in [0.4, 0.5) is 0 Å². The van der Waals surface area contributed by atoms with E-state index in [0.717, 1.165) is 0 Å². The van der Waals surface area contributed by atoms with Crippen molar-refractivity contribution in [2.75, 3.05) is 19.6 Å². The van der Waals surface area contributed by atoms with E-state index in [4.69, 9.17) is 16.3 Å². The highest BCUT2D eigenvalue weighted by molar-refractivity contribution is 8.67. The third kappa shape index (κ3) is 14.9. The van der Waals surface area contributed by atoms with E-state index in [1.165, 1.54) is 31.0 Å². The largest absolute Gasteiger partial charge is 0.337 e. The van der Waals surface area contributed by atoms with Gasteiger partial charge in [-0.05, 0) is 45.3 Å². The summed E-state index contributed by atoms with van der Waals surface area (Å²) in [5.74, 6) is 0. The van der Waals surface area contributed by atoms with Gasteiger partial charge in [-0.3, -0.25) is 0 Å². The fourth-order valence-corrected chi connectivity index (χ4v) is 6.67. The SMILES string of the molecule is CC(C)OP(O)(=S)SC(C)C.CCN(CC)CC. The lowest BCUT2D eigenvalue weighted by Crippen LogP contribution is -2.21. The summed E-state index contributed by atoms with van der Waals surface area (Å²) in [5, 5.41) is 0.324. The average Bonchev–Trinajstić information content (AvgIpc) is 2.16. The van der Waals surface area contributed by atoms with Gasteiger partial charge in [0.25, 0.3) is 0 Å². The lowest BCUT2D eigenvalue weighted by Gasteiger charge is -2.18. The Morgan fingerprint density at radius 1 is 1.11 bits per heavy atom. The summed E-state index contributed by atoms with van der Waals surface area (Å²) < 4.78 is 5.19. The fourth-order valence-electron chi connectivity index (χ4n) is 1.23. The van der Waals surface area contributed by atoms with Crippen molar-refractivity contribution in [2.45, 2.75) is 59.8 Å². The maximum absolute atomic E-state index is 9.52. The molecule has 0 heterocycles. The van der Waals surface area contributed by atoms with Gasteiger partial charge in [-0.15, -0.1) is 0 Å². The van der Waals surface area contributed by atoms with Crippen LogP contribution in [-0.2, 0) is 16.3 Å². The molecule has 0 aromatic rings. The third-order valence-electron chi connectivity index (χ3n) is 2.03. The zero-order valence-electron chi connectivity index (χ0n) is 12.8. The van der Waals surface area contributed by atoms with Gasteiger partial charge in [0.05, 0.1) is 6.10 Å². The minimum Gasteiger partial charge on any atom is -0.337 e. The van der Waals surface area contributed by atoms with E-state index < -0.39 is 5.69 Å². The van der Waals surface area contributed by atoms with Gasteiger partial charge < -0.3 is 14.3 Å². The quantitative estimate of drug-likeness (QED) is 0.715. The number of rotatable bonds is 7. The van der Waals surface area contributed by atoms with Crippen LogP contribution in [0.25, 0.3) is 0 Å². The predicted octanol–water partition coefficient (Wildman–Crippen LogP) is 4.12. The second-order valence-corrected chi connectivity index (χ2v) is 11.0. The molecule has 0 rings (SSSR count). The minimum atomic E-state index is -2.55. The summed E-state index contributed by atoms with van der Waals surface area (Å²) in [4.78, 5) is 11.9. The Morgan fingerprint density at radius 3 is 1.67 bits per heavy atom. The van der Waals surface area contributed by atoms with Crippen LogP contribution in [0.1, 0.15) is 48.5 Å². The summed E-state index contributed by atoms with van der Waals surface area (Å²) >= 11 is 6.25. The zero-order valence-corrected chi connectivity index (χ0v) is 15.4. The molecule has 6 heteroatoms. The van der Waals surface area contributed by atoms with Gasteiger partial charge >= 0.3 is 0 Å². The standard InChI is InChI=1S/C6H15N.C6H15O2PS2/c1-4-7(5-2)6-3;1-5(2)8-9(7,10)11-6(3)4/h4-6H2,1-3H3;5-6H,1-4H3,(H,7,10). The predicted molar refractivity (Wildman–Crippen MR) is 88.9 cm³/mol. The van der Waals surface area contributed by atoms with E-state index in [0.29, 0.717) is 5.25 Å². The van der Waals surface area contributed by atoms with E-state index in [1.807, 2.05) is 27.7 Å². The highest BCUT2D eigenvalue weighted by Crippen LogP contribution is 2.58. The van der Waals surface area contributed by atoms with E-state index in [-0.39, 0.29) is 6.10 Å². The topological polar surface area (TPSA) is 32.7 Å². The van der Waals surface area contributed by atoms with Gasteiger partial charge in [0, 0.05) is 5.25 Å². The summed E-state index contributed by atoms with van der Waals surface area (Å²) in [6, 6.07) is 0. The highest BCUT2D eigenvalue weighted by atomic mass is 32.9. The van der Waals surface area contributed by atoms with Crippen molar-refractivity contribution in [3.8, 4) is 0 Å². The lowest BCUT2D eigenvalue weighted by atomic mass is 10.5. The van der Waals surface area contributed by atoms with E-state index in [1.54, 1.807) is 0 Å². The van der Waals surface area contributed by atoms with Crippen molar-refractivity contribution >= 4 is 28.9 Å². The van der Waals surface area contributed by atoms with Crippen LogP contribution >= 0.6 is 17.1 Å². The van der Waals surface area contributed by atoms with Crippen LogP contribution in [0.15, 0.2) is 0 Å². The van der Waals surface area contributed by atoms with Crippen LogP contribution in [0.2, 0.25) is 0 Å². The first-order valence-corrected chi connectivity index (χ1v) is 10.8. The second kappa shape index (κ2) is 11.7. The summed E-state index contributed by atoms with van der Waals surface area (Å²) in [6.45, 7) is 17.9. The average molecular weight is 315 g/mol. The molecule has 0 bridgehead atoms. The molecule has 112 valence electrons. The van der Waals surface area contributed by atoms with Gasteiger partial charge in [-0.2, -0.15) is 0 Å². The molecule has 0 aromatic heterocycles. The summed E-state index contributed by atoms with van der Waals surface area (Å²) in [7, 11) is 0. The molecule has 3 nitrogen and oxygen atoms in total. The van der Waals surface area contributed by atoms with Crippen LogP contribution in [-0.4, -0.2) is 40.8 Å². The molecule has 0 amide bonds. The maximum Gasteiger partial charge on any atom is 0.245 e. The molecule has 1 atom stereocenters. The van der Waals surface area contributed by atoms with E-state index in [9.17, 15) is 4.89 Å². The monoisotopic (exact) mass is 315 g/mol. The molecular weight excluding hydrogens is 285 g/mol. The van der Waals surface area contributed by atoms with Gasteiger partial charge in [0.1, 0.15) is 0 Å².